The molecule has 0 fully saturated rings. The second kappa shape index (κ2) is 4.52. The minimum atomic E-state index is -1.19. The molecule has 0 atom stereocenters. The Hall–Kier alpha value is -2.57. The maximum atomic E-state index is 11.0. The van der Waals surface area contributed by atoms with Gasteiger partial charge < -0.3 is 9.84 Å². The average molecular weight is 232 g/mol. The fourth-order valence-electron chi connectivity index (χ4n) is 1.22. The molecule has 0 aliphatic heterocycles. The van der Waals surface area contributed by atoms with Crippen LogP contribution in [0.4, 0.5) is 0 Å². The zero-order valence-electron chi connectivity index (χ0n) is 8.86. The van der Waals surface area contributed by atoms with Crippen LogP contribution >= 0.6 is 0 Å². The summed E-state index contributed by atoms with van der Waals surface area (Å²) in [6.45, 7) is 0. The van der Waals surface area contributed by atoms with Crippen LogP contribution in [0.2, 0.25) is 0 Å². The van der Waals surface area contributed by atoms with Gasteiger partial charge >= 0.3 is 5.97 Å². The lowest BCUT2D eigenvalue weighted by atomic mass is 10.3. The number of nitrogens with zero attached hydrogens (tertiary/aromatic N) is 4. The summed E-state index contributed by atoms with van der Waals surface area (Å²) in [4.78, 5) is 18.8. The van der Waals surface area contributed by atoms with Crippen molar-refractivity contribution in [2.45, 2.75) is 0 Å². The second-order valence-electron chi connectivity index (χ2n) is 3.02. The van der Waals surface area contributed by atoms with Gasteiger partial charge in [-0.3, -0.25) is 0 Å². The molecule has 2 aromatic rings. The minimum Gasteiger partial charge on any atom is -0.493 e. The van der Waals surface area contributed by atoms with Crippen molar-refractivity contribution < 1.29 is 14.6 Å². The molecule has 0 bridgehead atoms. The van der Waals surface area contributed by atoms with Gasteiger partial charge in [0.2, 0.25) is 0 Å². The summed E-state index contributed by atoms with van der Waals surface area (Å²) in [5.41, 5.74) is 0.195. The van der Waals surface area contributed by atoms with E-state index >= 15 is 0 Å². The molecule has 17 heavy (non-hydrogen) atoms. The van der Waals surface area contributed by atoms with E-state index in [1.165, 1.54) is 19.5 Å². The molecular formula is C10H8N4O3. The van der Waals surface area contributed by atoms with Gasteiger partial charge in [-0.05, 0) is 12.1 Å². The van der Waals surface area contributed by atoms with Crippen LogP contribution < -0.4 is 4.74 Å². The van der Waals surface area contributed by atoms with Gasteiger partial charge in [-0.25, -0.2) is 14.8 Å². The molecule has 1 N–H and O–H groups in total. The SMILES string of the molecule is COc1cnc(-c2cccnn2)nc1C(=O)O. The van der Waals surface area contributed by atoms with Crippen LogP contribution in [0, 0.1) is 0 Å². The molecule has 0 radical (unpaired) electrons. The van der Waals surface area contributed by atoms with E-state index in [1.807, 2.05) is 0 Å². The lowest BCUT2D eigenvalue weighted by Gasteiger charge is -2.04. The lowest BCUT2D eigenvalue weighted by Crippen LogP contribution is -2.06. The van der Waals surface area contributed by atoms with Crippen molar-refractivity contribution in [2.24, 2.45) is 0 Å². The highest BCUT2D eigenvalue weighted by atomic mass is 16.5. The molecule has 7 nitrogen and oxygen atoms in total. The van der Waals surface area contributed by atoms with Crippen LogP contribution in [-0.2, 0) is 0 Å². The van der Waals surface area contributed by atoms with Crippen LogP contribution in [0.15, 0.2) is 24.5 Å². The zero-order chi connectivity index (χ0) is 12.3. The summed E-state index contributed by atoms with van der Waals surface area (Å²) in [7, 11) is 1.35. The molecule has 0 unspecified atom stereocenters. The molecule has 0 aliphatic rings. The number of carboxylic acids is 1. The van der Waals surface area contributed by atoms with E-state index in [4.69, 9.17) is 9.84 Å². The van der Waals surface area contributed by atoms with Crippen molar-refractivity contribution >= 4 is 5.97 Å². The summed E-state index contributed by atoms with van der Waals surface area (Å²) < 4.78 is 4.86. The van der Waals surface area contributed by atoms with Crippen molar-refractivity contribution in [3.63, 3.8) is 0 Å². The van der Waals surface area contributed by atoms with E-state index in [0.29, 0.717) is 5.69 Å². The lowest BCUT2D eigenvalue weighted by molar-refractivity contribution is 0.0686. The van der Waals surface area contributed by atoms with E-state index in [-0.39, 0.29) is 17.3 Å². The quantitative estimate of drug-likeness (QED) is 0.828. The number of rotatable bonds is 3. The molecule has 2 aromatic heterocycles. The highest BCUT2D eigenvalue weighted by molar-refractivity contribution is 5.88. The molecule has 86 valence electrons. The Morgan fingerprint density at radius 3 is 2.88 bits per heavy atom. The van der Waals surface area contributed by atoms with Crippen LogP contribution in [0.1, 0.15) is 10.5 Å². The van der Waals surface area contributed by atoms with Gasteiger partial charge in [-0.2, -0.15) is 5.10 Å². The number of aromatic carboxylic acids is 1. The minimum absolute atomic E-state index is 0.102. The number of ether oxygens (including phenoxy) is 1. The first-order valence-electron chi connectivity index (χ1n) is 4.64. The van der Waals surface area contributed by atoms with Gasteiger partial charge in [-0.1, -0.05) is 0 Å². The van der Waals surface area contributed by atoms with E-state index in [1.54, 1.807) is 12.1 Å². The summed E-state index contributed by atoms with van der Waals surface area (Å²) >= 11 is 0. The smallest absolute Gasteiger partial charge is 0.358 e. The van der Waals surface area contributed by atoms with Crippen molar-refractivity contribution in [2.75, 3.05) is 7.11 Å². The molecule has 0 amide bonds. The van der Waals surface area contributed by atoms with Crippen molar-refractivity contribution in [1.82, 2.24) is 20.2 Å². The maximum absolute atomic E-state index is 11.0. The highest BCUT2D eigenvalue weighted by Gasteiger charge is 2.15. The normalized spacial score (nSPS) is 9.94. The van der Waals surface area contributed by atoms with E-state index < -0.39 is 5.97 Å². The van der Waals surface area contributed by atoms with Crippen molar-refractivity contribution in [3.8, 4) is 17.3 Å². The molecular weight excluding hydrogens is 224 g/mol. The van der Waals surface area contributed by atoms with Crippen LogP contribution in [-0.4, -0.2) is 38.4 Å². The van der Waals surface area contributed by atoms with E-state index in [0.717, 1.165) is 0 Å². The van der Waals surface area contributed by atoms with Crippen molar-refractivity contribution in [3.05, 3.63) is 30.2 Å². The van der Waals surface area contributed by atoms with Crippen molar-refractivity contribution in [1.29, 1.82) is 0 Å². The molecule has 0 saturated heterocycles. The number of hydrogen-bond acceptors (Lipinski definition) is 6. The Kier molecular flexibility index (Phi) is 2.91. The number of aromatic nitrogens is 4. The Balaban J connectivity index is 2.51. The number of hydrogen-bond donors (Lipinski definition) is 1. The molecule has 2 rings (SSSR count). The van der Waals surface area contributed by atoms with Gasteiger partial charge in [0.1, 0.15) is 5.69 Å². The van der Waals surface area contributed by atoms with E-state index in [9.17, 15) is 4.79 Å². The van der Waals surface area contributed by atoms with Crippen LogP contribution in [0.5, 0.6) is 5.75 Å². The standard InChI is InChI=1S/C10H8N4O3/c1-17-7-5-11-9(13-8(7)10(15)16)6-3-2-4-12-14-6/h2-5H,1H3,(H,15,16). The van der Waals surface area contributed by atoms with Crippen LogP contribution in [0.3, 0.4) is 0 Å². The average Bonchev–Trinajstić information content (AvgIpc) is 2.39. The highest BCUT2D eigenvalue weighted by Crippen LogP contribution is 2.18. The summed E-state index contributed by atoms with van der Waals surface area (Å²) in [5.74, 6) is -0.893. The third kappa shape index (κ3) is 2.17. The first kappa shape index (κ1) is 10.9. The number of methoxy groups -OCH3 is 1. The molecule has 2 heterocycles. The second-order valence-corrected chi connectivity index (χ2v) is 3.02. The Labute approximate surface area is 96.1 Å². The Morgan fingerprint density at radius 1 is 1.47 bits per heavy atom. The fraction of sp³-hybridized carbons (Fsp3) is 0.100. The van der Waals surface area contributed by atoms with Gasteiger partial charge in [0, 0.05) is 6.20 Å². The molecule has 7 heteroatoms. The predicted molar refractivity (Wildman–Crippen MR) is 56.6 cm³/mol. The third-order valence-corrected chi connectivity index (χ3v) is 1.98. The largest absolute Gasteiger partial charge is 0.493 e. The Bertz CT molecular complexity index is 545. The molecule has 0 aliphatic carbocycles. The summed E-state index contributed by atoms with van der Waals surface area (Å²) in [6, 6.07) is 3.30. The Morgan fingerprint density at radius 2 is 2.29 bits per heavy atom. The van der Waals surface area contributed by atoms with Gasteiger partial charge in [0.15, 0.2) is 17.3 Å². The van der Waals surface area contributed by atoms with Gasteiger partial charge in [0.25, 0.3) is 0 Å². The number of carbonyl (C=O) groups is 1. The predicted octanol–water partition coefficient (Wildman–Crippen LogP) is 0.640. The molecule has 0 aromatic carbocycles. The third-order valence-electron chi connectivity index (χ3n) is 1.98. The first-order valence-corrected chi connectivity index (χ1v) is 4.64. The topological polar surface area (TPSA) is 98.1 Å². The zero-order valence-corrected chi connectivity index (χ0v) is 8.86. The maximum Gasteiger partial charge on any atom is 0.358 e. The summed E-state index contributed by atoms with van der Waals surface area (Å²) in [5, 5.41) is 16.4. The fourth-order valence-corrected chi connectivity index (χ4v) is 1.22. The van der Waals surface area contributed by atoms with Crippen LogP contribution in [0.25, 0.3) is 11.5 Å². The van der Waals surface area contributed by atoms with Gasteiger partial charge in [-0.15, -0.1) is 5.10 Å². The van der Waals surface area contributed by atoms with Gasteiger partial charge in [0.05, 0.1) is 13.3 Å². The first-order chi connectivity index (χ1) is 8.22. The summed E-state index contributed by atoms with van der Waals surface area (Å²) in [6.07, 6.45) is 2.80. The molecule has 0 spiro atoms. The molecule has 0 saturated carbocycles. The van der Waals surface area contributed by atoms with E-state index in [2.05, 4.69) is 20.2 Å². The monoisotopic (exact) mass is 232 g/mol. The number of carboxylic acid groups (broad SMARTS) is 1.